The van der Waals surface area contributed by atoms with Crippen molar-refractivity contribution < 1.29 is 27.5 Å². The molecule has 0 saturated heterocycles. The van der Waals surface area contributed by atoms with Gasteiger partial charge in [-0.05, 0) is 80.8 Å². The highest BCUT2D eigenvalue weighted by Gasteiger charge is 2.33. The Balaban J connectivity index is 2.02. The number of aryl methyl sites for hydroxylation is 1. The van der Waals surface area contributed by atoms with Crippen molar-refractivity contribution in [3.8, 4) is 11.5 Å². The number of benzene rings is 3. The molecule has 43 heavy (non-hydrogen) atoms. The van der Waals surface area contributed by atoms with Gasteiger partial charge in [-0.25, -0.2) is 8.42 Å². The van der Waals surface area contributed by atoms with Crippen LogP contribution in [-0.4, -0.2) is 58.0 Å². The molecule has 0 unspecified atom stereocenters. The SMILES string of the molecule is CCCCNC(=O)[C@H](CC)N(Cc1ccc(OC)cc1)C(=O)CN(c1ccc(C)cc1)S(=O)(=O)c1ccc(OCC)cc1. The van der Waals surface area contributed by atoms with Crippen LogP contribution in [0.5, 0.6) is 11.5 Å². The number of anilines is 1. The molecule has 0 aromatic heterocycles. The lowest BCUT2D eigenvalue weighted by Gasteiger charge is -2.33. The van der Waals surface area contributed by atoms with Crippen LogP contribution in [0.25, 0.3) is 0 Å². The summed E-state index contributed by atoms with van der Waals surface area (Å²) in [6, 6.07) is 19.5. The molecule has 3 aromatic carbocycles. The smallest absolute Gasteiger partial charge is 0.264 e. The lowest BCUT2D eigenvalue weighted by molar-refractivity contribution is -0.140. The maximum atomic E-state index is 14.2. The highest BCUT2D eigenvalue weighted by Crippen LogP contribution is 2.27. The second kappa shape index (κ2) is 16.0. The van der Waals surface area contributed by atoms with Crippen LogP contribution >= 0.6 is 0 Å². The van der Waals surface area contributed by atoms with Crippen LogP contribution in [0.1, 0.15) is 51.2 Å². The van der Waals surface area contributed by atoms with E-state index in [0.717, 1.165) is 28.3 Å². The Morgan fingerprint density at radius 3 is 2.07 bits per heavy atom. The first-order chi connectivity index (χ1) is 20.6. The second-order valence-corrected chi connectivity index (χ2v) is 12.1. The number of hydrogen-bond acceptors (Lipinski definition) is 6. The molecule has 10 heteroatoms. The Bertz CT molecular complexity index is 1420. The van der Waals surface area contributed by atoms with E-state index in [1.807, 2.05) is 39.8 Å². The summed E-state index contributed by atoms with van der Waals surface area (Å²) in [6.45, 7) is 8.20. The Morgan fingerprint density at radius 2 is 1.51 bits per heavy atom. The van der Waals surface area contributed by atoms with Gasteiger partial charge in [-0.15, -0.1) is 0 Å². The molecule has 3 rings (SSSR count). The number of nitrogens with one attached hydrogen (secondary N) is 1. The molecule has 2 amide bonds. The number of unbranched alkanes of at least 4 members (excludes halogenated alkanes) is 1. The minimum Gasteiger partial charge on any atom is -0.497 e. The van der Waals surface area contributed by atoms with Crippen LogP contribution in [0.3, 0.4) is 0 Å². The topological polar surface area (TPSA) is 105 Å². The zero-order chi connectivity index (χ0) is 31.4. The molecule has 232 valence electrons. The van der Waals surface area contributed by atoms with Gasteiger partial charge in [0.1, 0.15) is 24.1 Å². The molecule has 0 fully saturated rings. The van der Waals surface area contributed by atoms with E-state index in [-0.39, 0.29) is 17.3 Å². The van der Waals surface area contributed by atoms with Crippen LogP contribution in [0.2, 0.25) is 0 Å². The van der Waals surface area contributed by atoms with E-state index < -0.39 is 28.5 Å². The third-order valence-electron chi connectivity index (χ3n) is 7.05. The van der Waals surface area contributed by atoms with Gasteiger partial charge in [0, 0.05) is 13.1 Å². The number of carbonyl (C=O) groups is 2. The standard InChI is InChI=1S/C33H43N3O6S/c1-6-9-22-34-33(38)31(7-2)35(23-26-12-16-28(41-5)17-13-26)32(37)24-36(27-14-10-25(4)11-15-27)43(39,40)30-20-18-29(19-21-30)42-8-3/h10-21,31H,6-9,22-24H2,1-5H3,(H,34,38)/t31-/m0/s1. The second-order valence-electron chi connectivity index (χ2n) is 10.2. The summed E-state index contributed by atoms with van der Waals surface area (Å²) in [4.78, 5) is 29.0. The summed E-state index contributed by atoms with van der Waals surface area (Å²) in [7, 11) is -2.59. The first kappa shape index (κ1) is 33.5. The molecule has 0 aliphatic carbocycles. The summed E-state index contributed by atoms with van der Waals surface area (Å²) in [5, 5.41) is 2.94. The number of methoxy groups -OCH3 is 1. The summed E-state index contributed by atoms with van der Waals surface area (Å²) < 4.78 is 39.9. The molecule has 0 aliphatic heterocycles. The fourth-order valence-corrected chi connectivity index (χ4v) is 6.01. The predicted octanol–water partition coefficient (Wildman–Crippen LogP) is 5.32. The molecule has 1 N–H and O–H groups in total. The number of ether oxygens (including phenoxy) is 2. The van der Waals surface area contributed by atoms with Gasteiger partial charge in [0.15, 0.2) is 0 Å². The fourth-order valence-electron chi connectivity index (χ4n) is 4.59. The molecule has 1 atom stereocenters. The Labute approximate surface area is 255 Å². The fraction of sp³-hybridized carbons (Fsp3) is 0.394. The zero-order valence-electron chi connectivity index (χ0n) is 25.7. The van der Waals surface area contributed by atoms with Gasteiger partial charge in [-0.2, -0.15) is 0 Å². The largest absolute Gasteiger partial charge is 0.497 e. The van der Waals surface area contributed by atoms with E-state index in [1.165, 1.54) is 17.0 Å². The molecule has 0 aliphatic rings. The van der Waals surface area contributed by atoms with Gasteiger partial charge in [-0.1, -0.05) is 50.1 Å². The maximum Gasteiger partial charge on any atom is 0.264 e. The lowest BCUT2D eigenvalue weighted by Crippen LogP contribution is -2.52. The van der Waals surface area contributed by atoms with Crippen LogP contribution < -0.4 is 19.1 Å². The van der Waals surface area contributed by atoms with E-state index in [9.17, 15) is 18.0 Å². The number of nitrogens with zero attached hydrogens (tertiary/aromatic N) is 2. The van der Waals surface area contributed by atoms with Gasteiger partial charge >= 0.3 is 0 Å². The van der Waals surface area contributed by atoms with Crippen LogP contribution in [-0.2, 0) is 26.2 Å². The van der Waals surface area contributed by atoms with Gasteiger partial charge in [0.05, 0.1) is 24.3 Å². The minimum absolute atomic E-state index is 0.0235. The Hall–Kier alpha value is -4.05. The molecular weight excluding hydrogens is 566 g/mol. The summed E-state index contributed by atoms with van der Waals surface area (Å²) >= 11 is 0. The minimum atomic E-state index is -4.17. The van der Waals surface area contributed by atoms with Gasteiger partial charge < -0.3 is 19.7 Å². The normalized spacial score (nSPS) is 11.8. The Kier molecular flexibility index (Phi) is 12.4. The third kappa shape index (κ3) is 8.97. The van der Waals surface area contributed by atoms with E-state index >= 15 is 0 Å². The van der Waals surface area contributed by atoms with Crippen molar-refractivity contribution >= 4 is 27.5 Å². The average molecular weight is 610 g/mol. The van der Waals surface area contributed by atoms with Gasteiger partial charge in [0.2, 0.25) is 11.8 Å². The Morgan fingerprint density at radius 1 is 0.884 bits per heavy atom. The van der Waals surface area contributed by atoms with Crippen molar-refractivity contribution in [1.82, 2.24) is 10.2 Å². The van der Waals surface area contributed by atoms with Crippen molar-refractivity contribution in [3.05, 3.63) is 83.9 Å². The van der Waals surface area contributed by atoms with Crippen LogP contribution in [0, 0.1) is 6.92 Å². The van der Waals surface area contributed by atoms with E-state index in [0.29, 0.717) is 36.8 Å². The molecule has 0 radical (unpaired) electrons. The van der Waals surface area contributed by atoms with E-state index in [4.69, 9.17) is 9.47 Å². The van der Waals surface area contributed by atoms with Crippen molar-refractivity contribution in [2.24, 2.45) is 0 Å². The number of hydrogen-bond donors (Lipinski definition) is 1. The first-order valence-electron chi connectivity index (χ1n) is 14.7. The van der Waals surface area contributed by atoms with Crippen molar-refractivity contribution in [2.75, 3.05) is 31.1 Å². The predicted molar refractivity (Wildman–Crippen MR) is 169 cm³/mol. The number of carbonyl (C=O) groups excluding carboxylic acids is 2. The van der Waals surface area contributed by atoms with E-state index in [1.54, 1.807) is 55.6 Å². The molecule has 0 bridgehead atoms. The quantitative estimate of drug-likeness (QED) is 0.221. The molecule has 9 nitrogen and oxygen atoms in total. The monoisotopic (exact) mass is 609 g/mol. The van der Waals surface area contributed by atoms with Crippen molar-refractivity contribution in [2.45, 2.75) is 64.4 Å². The average Bonchev–Trinajstić information content (AvgIpc) is 3.01. The van der Waals surface area contributed by atoms with Gasteiger partial charge in [0.25, 0.3) is 10.0 Å². The van der Waals surface area contributed by atoms with E-state index in [2.05, 4.69) is 5.32 Å². The number of amides is 2. The highest BCUT2D eigenvalue weighted by molar-refractivity contribution is 7.92. The molecule has 0 heterocycles. The zero-order valence-corrected chi connectivity index (χ0v) is 26.5. The van der Waals surface area contributed by atoms with Crippen molar-refractivity contribution in [3.63, 3.8) is 0 Å². The summed E-state index contributed by atoms with van der Waals surface area (Å²) in [5.74, 6) is 0.445. The van der Waals surface area contributed by atoms with Crippen LogP contribution in [0.15, 0.2) is 77.7 Å². The molecule has 0 saturated carbocycles. The third-order valence-corrected chi connectivity index (χ3v) is 8.84. The van der Waals surface area contributed by atoms with Gasteiger partial charge in [-0.3, -0.25) is 13.9 Å². The van der Waals surface area contributed by atoms with Crippen LogP contribution in [0.4, 0.5) is 5.69 Å². The maximum absolute atomic E-state index is 14.2. The number of rotatable bonds is 16. The molecular formula is C33H43N3O6S. The lowest BCUT2D eigenvalue weighted by atomic mass is 10.1. The highest BCUT2D eigenvalue weighted by atomic mass is 32.2. The first-order valence-corrected chi connectivity index (χ1v) is 16.1. The summed E-state index contributed by atoms with van der Waals surface area (Å²) in [6.07, 6.45) is 2.09. The molecule has 0 spiro atoms. The molecule has 3 aromatic rings. The van der Waals surface area contributed by atoms with Crippen molar-refractivity contribution in [1.29, 1.82) is 0 Å². The summed E-state index contributed by atoms with van der Waals surface area (Å²) in [5.41, 5.74) is 2.08. The number of sulfonamides is 1.